The molecule has 0 spiro atoms. The quantitative estimate of drug-likeness (QED) is 0.750. The molecule has 0 saturated heterocycles. The lowest BCUT2D eigenvalue weighted by Gasteiger charge is -1.96. The molecule has 2 aromatic carbocycles. The van der Waals surface area contributed by atoms with Crippen LogP contribution in [0.25, 0.3) is 17.1 Å². The Bertz CT molecular complexity index is 895. The van der Waals surface area contributed by atoms with Crippen molar-refractivity contribution in [3.8, 4) is 0 Å². The number of nitrogens with one attached hydrogen (secondary N) is 1. The number of benzene rings is 2. The third-order valence-corrected chi connectivity index (χ3v) is 4.87. The Labute approximate surface area is 136 Å². The van der Waals surface area contributed by atoms with E-state index < -0.39 is 9.84 Å². The van der Waals surface area contributed by atoms with Crippen LogP contribution >= 0.6 is 15.9 Å². The fourth-order valence-corrected chi connectivity index (χ4v) is 3.31. The second-order valence-corrected chi connectivity index (χ2v) is 7.66. The minimum Gasteiger partial charge on any atom is -0.341 e. The van der Waals surface area contributed by atoms with Crippen LogP contribution in [0.1, 0.15) is 11.4 Å². The number of halogens is 1. The molecule has 1 N–H and O–H groups in total. The Morgan fingerprint density at radius 1 is 1.09 bits per heavy atom. The molecule has 0 aliphatic heterocycles. The molecule has 0 unspecified atom stereocenters. The molecule has 112 valence electrons. The third-order valence-electron chi connectivity index (χ3n) is 3.11. The Balaban J connectivity index is 1.79. The summed E-state index contributed by atoms with van der Waals surface area (Å²) in [5, 5.41) is 1.23. The lowest BCUT2D eigenvalue weighted by molar-refractivity contribution is 0.603. The molecular weight excluding hydrogens is 364 g/mol. The molecule has 1 heterocycles. The second-order valence-electron chi connectivity index (χ2n) is 4.86. The van der Waals surface area contributed by atoms with Crippen molar-refractivity contribution in [2.45, 2.75) is 5.75 Å². The Morgan fingerprint density at radius 2 is 1.82 bits per heavy atom. The highest BCUT2D eigenvalue weighted by molar-refractivity contribution is 9.10. The number of imidazole rings is 1. The molecule has 3 rings (SSSR count). The smallest absolute Gasteiger partial charge is 0.178 e. The second kappa shape index (κ2) is 6.06. The van der Waals surface area contributed by atoms with Gasteiger partial charge >= 0.3 is 0 Å². The van der Waals surface area contributed by atoms with Gasteiger partial charge in [-0.05, 0) is 35.9 Å². The lowest BCUT2D eigenvalue weighted by Crippen LogP contribution is -2.01. The van der Waals surface area contributed by atoms with Crippen molar-refractivity contribution >= 4 is 42.9 Å². The molecule has 22 heavy (non-hydrogen) atoms. The van der Waals surface area contributed by atoms with Gasteiger partial charge in [0, 0.05) is 9.88 Å². The molecular formula is C16H13BrN2O2S. The maximum absolute atomic E-state index is 12.2. The van der Waals surface area contributed by atoms with Gasteiger partial charge in [0.15, 0.2) is 9.84 Å². The van der Waals surface area contributed by atoms with Crippen molar-refractivity contribution in [2.24, 2.45) is 0 Å². The highest BCUT2D eigenvalue weighted by Crippen LogP contribution is 2.15. The predicted molar refractivity (Wildman–Crippen MR) is 91.9 cm³/mol. The summed E-state index contributed by atoms with van der Waals surface area (Å²) in [6.45, 7) is 0. The van der Waals surface area contributed by atoms with Gasteiger partial charge in [0.05, 0.1) is 11.0 Å². The van der Waals surface area contributed by atoms with Crippen LogP contribution in [0.3, 0.4) is 0 Å². The number of aromatic amines is 1. The SMILES string of the molecule is O=S(=O)(/C=C/c1ccc(Br)cc1)Cc1nc2ccccc2[nH]1. The zero-order chi connectivity index (χ0) is 15.6. The highest BCUT2D eigenvalue weighted by Gasteiger charge is 2.11. The fraction of sp³-hybridized carbons (Fsp3) is 0.0625. The molecule has 0 radical (unpaired) electrons. The number of para-hydroxylation sites is 2. The molecule has 0 amide bonds. The highest BCUT2D eigenvalue weighted by atomic mass is 79.9. The first kappa shape index (κ1) is 15.0. The van der Waals surface area contributed by atoms with Crippen LogP contribution in [-0.4, -0.2) is 18.4 Å². The first-order valence-corrected chi connectivity index (χ1v) is 9.13. The van der Waals surface area contributed by atoms with Gasteiger partial charge in [0.2, 0.25) is 0 Å². The van der Waals surface area contributed by atoms with Gasteiger partial charge in [-0.25, -0.2) is 13.4 Å². The molecule has 0 saturated carbocycles. The van der Waals surface area contributed by atoms with Crippen molar-refractivity contribution in [1.29, 1.82) is 0 Å². The summed E-state index contributed by atoms with van der Waals surface area (Å²) in [5.74, 6) is 0.302. The summed E-state index contributed by atoms with van der Waals surface area (Å²) >= 11 is 3.34. The monoisotopic (exact) mass is 376 g/mol. The summed E-state index contributed by atoms with van der Waals surface area (Å²) in [6, 6.07) is 14.9. The van der Waals surface area contributed by atoms with E-state index in [0.29, 0.717) is 5.82 Å². The van der Waals surface area contributed by atoms with Crippen LogP contribution in [0.5, 0.6) is 0 Å². The largest absolute Gasteiger partial charge is 0.341 e. The van der Waals surface area contributed by atoms with Gasteiger partial charge in [-0.3, -0.25) is 0 Å². The van der Waals surface area contributed by atoms with E-state index in [0.717, 1.165) is 21.1 Å². The van der Waals surface area contributed by atoms with Crippen LogP contribution in [0, 0.1) is 0 Å². The third kappa shape index (κ3) is 3.64. The van der Waals surface area contributed by atoms with Crippen LogP contribution in [0.4, 0.5) is 0 Å². The molecule has 0 aliphatic rings. The number of sulfone groups is 1. The molecule has 1 aromatic heterocycles. The average Bonchev–Trinajstić information content (AvgIpc) is 2.88. The van der Waals surface area contributed by atoms with Crippen molar-refractivity contribution in [3.05, 3.63) is 69.8 Å². The maximum Gasteiger partial charge on any atom is 0.178 e. The Kier molecular flexibility index (Phi) is 4.13. The zero-order valence-corrected chi connectivity index (χ0v) is 13.9. The average molecular weight is 377 g/mol. The van der Waals surface area contributed by atoms with E-state index in [1.807, 2.05) is 48.5 Å². The van der Waals surface area contributed by atoms with Crippen LogP contribution < -0.4 is 0 Å². The number of hydrogen-bond donors (Lipinski definition) is 1. The van der Waals surface area contributed by atoms with Gasteiger partial charge in [0.25, 0.3) is 0 Å². The molecule has 0 atom stereocenters. The van der Waals surface area contributed by atoms with Crippen LogP contribution in [-0.2, 0) is 15.6 Å². The van der Waals surface area contributed by atoms with Gasteiger partial charge in [0.1, 0.15) is 11.6 Å². The van der Waals surface area contributed by atoms with E-state index >= 15 is 0 Å². The summed E-state index contributed by atoms with van der Waals surface area (Å²) in [7, 11) is -3.38. The summed E-state index contributed by atoms with van der Waals surface area (Å²) in [6.07, 6.45) is 1.59. The summed E-state index contributed by atoms with van der Waals surface area (Å²) in [4.78, 5) is 7.32. The number of rotatable bonds is 4. The number of fused-ring (bicyclic) bond motifs is 1. The first-order chi connectivity index (χ1) is 10.5. The van der Waals surface area contributed by atoms with Gasteiger partial charge in [-0.1, -0.05) is 40.2 Å². The van der Waals surface area contributed by atoms with Crippen molar-refractivity contribution in [1.82, 2.24) is 9.97 Å². The van der Waals surface area contributed by atoms with E-state index in [1.54, 1.807) is 6.08 Å². The molecule has 4 nitrogen and oxygen atoms in total. The minimum absolute atomic E-state index is 0.144. The Morgan fingerprint density at radius 3 is 2.55 bits per heavy atom. The molecule has 0 bridgehead atoms. The van der Waals surface area contributed by atoms with Gasteiger partial charge in [-0.2, -0.15) is 0 Å². The number of nitrogens with zero attached hydrogens (tertiary/aromatic N) is 1. The van der Waals surface area contributed by atoms with Crippen molar-refractivity contribution in [2.75, 3.05) is 0 Å². The zero-order valence-electron chi connectivity index (χ0n) is 11.5. The standard InChI is InChI=1S/C16H13BrN2O2S/c17-13-7-5-12(6-8-13)9-10-22(20,21)11-16-18-14-3-1-2-4-15(14)19-16/h1-10H,11H2,(H,18,19)/b10-9+. The maximum atomic E-state index is 12.2. The molecule has 0 aliphatic carbocycles. The topological polar surface area (TPSA) is 62.8 Å². The Hall–Kier alpha value is -1.92. The van der Waals surface area contributed by atoms with E-state index in [-0.39, 0.29) is 5.75 Å². The van der Waals surface area contributed by atoms with Crippen LogP contribution in [0.2, 0.25) is 0 Å². The fourth-order valence-electron chi connectivity index (χ4n) is 2.07. The lowest BCUT2D eigenvalue weighted by atomic mass is 10.2. The van der Waals surface area contributed by atoms with Gasteiger partial charge < -0.3 is 4.98 Å². The number of hydrogen-bond acceptors (Lipinski definition) is 3. The van der Waals surface area contributed by atoms with E-state index in [1.165, 1.54) is 5.41 Å². The van der Waals surface area contributed by atoms with Crippen molar-refractivity contribution in [3.63, 3.8) is 0 Å². The van der Waals surface area contributed by atoms with E-state index in [9.17, 15) is 8.42 Å². The predicted octanol–water partition coefficient (Wildman–Crippen LogP) is 3.91. The molecule has 3 aromatic rings. The normalized spacial score (nSPS) is 12.2. The van der Waals surface area contributed by atoms with E-state index in [2.05, 4.69) is 25.9 Å². The molecule has 0 fully saturated rings. The van der Waals surface area contributed by atoms with E-state index in [4.69, 9.17) is 0 Å². The number of H-pyrrole nitrogens is 1. The molecule has 6 heteroatoms. The minimum atomic E-state index is -3.38. The number of aromatic nitrogens is 2. The van der Waals surface area contributed by atoms with Gasteiger partial charge in [-0.15, -0.1) is 0 Å². The first-order valence-electron chi connectivity index (χ1n) is 6.62. The van der Waals surface area contributed by atoms with Crippen molar-refractivity contribution < 1.29 is 8.42 Å². The van der Waals surface area contributed by atoms with Crippen LogP contribution in [0.15, 0.2) is 58.4 Å². The summed E-state index contributed by atoms with van der Waals surface area (Å²) < 4.78 is 25.3. The summed E-state index contributed by atoms with van der Waals surface area (Å²) in [5.41, 5.74) is 2.44.